The molecule has 0 aliphatic heterocycles. The highest BCUT2D eigenvalue weighted by molar-refractivity contribution is 7.85. The molecule has 0 fully saturated rings. The number of carbonyl (C=O) groups is 1. The van der Waals surface area contributed by atoms with Gasteiger partial charge in [0.2, 0.25) is 5.91 Å². The number of nitrogens with zero attached hydrogens (tertiary/aromatic N) is 2. The van der Waals surface area contributed by atoms with Gasteiger partial charge in [0.1, 0.15) is 24.4 Å². The van der Waals surface area contributed by atoms with E-state index in [1.165, 1.54) is 25.4 Å². The number of hydrogen-bond donors (Lipinski definition) is 1. The molecule has 4 rings (SSSR count). The number of ether oxygens (including phenoxy) is 2. The minimum absolute atomic E-state index is 0.0473. The molecule has 0 aliphatic carbocycles. The predicted octanol–water partition coefficient (Wildman–Crippen LogP) is 5.41. The molecule has 15 heteroatoms. The zero-order valence-corrected chi connectivity index (χ0v) is 24.2. The number of fused-ring (bicyclic) bond motifs is 1. The Labute approximate surface area is 244 Å². The van der Waals surface area contributed by atoms with Crippen LogP contribution in [0.2, 0.25) is 0 Å². The lowest BCUT2D eigenvalue weighted by molar-refractivity contribution is -0.185. The fourth-order valence-corrected chi connectivity index (χ4v) is 4.27. The normalized spacial score (nSPS) is 12.4. The van der Waals surface area contributed by atoms with Crippen LogP contribution < -0.4 is 14.8 Å². The van der Waals surface area contributed by atoms with Crippen molar-refractivity contribution in [3.05, 3.63) is 65.8 Å². The van der Waals surface area contributed by atoms with E-state index in [0.29, 0.717) is 33.5 Å². The lowest BCUT2D eigenvalue weighted by atomic mass is 9.89. The first-order valence-electron chi connectivity index (χ1n) is 12.6. The van der Waals surface area contributed by atoms with Gasteiger partial charge in [-0.2, -0.15) is 21.6 Å². The third-order valence-electron chi connectivity index (χ3n) is 6.44. The summed E-state index contributed by atoms with van der Waals surface area (Å²) in [5.41, 5.74) is -0.694. The summed E-state index contributed by atoms with van der Waals surface area (Å²) in [4.78, 5) is 16.9. The number of alkyl halides is 3. The molecule has 0 bridgehead atoms. The average Bonchev–Trinajstić information content (AvgIpc) is 3.39. The number of benzene rings is 2. The van der Waals surface area contributed by atoms with Gasteiger partial charge in [0.15, 0.2) is 23.1 Å². The second-order valence-electron chi connectivity index (χ2n) is 10.0. The fraction of sp³-hybridized carbons (Fsp3) is 0.321. The van der Waals surface area contributed by atoms with Gasteiger partial charge in [-0.25, -0.2) is 4.39 Å². The van der Waals surface area contributed by atoms with Gasteiger partial charge in [0.05, 0.1) is 25.3 Å². The molecule has 230 valence electrons. The average molecular weight is 626 g/mol. The van der Waals surface area contributed by atoms with Crippen molar-refractivity contribution in [3.8, 4) is 22.6 Å². The highest BCUT2D eigenvalue weighted by atomic mass is 32.2. The van der Waals surface area contributed by atoms with Crippen LogP contribution in [-0.4, -0.2) is 57.2 Å². The number of amides is 1. The van der Waals surface area contributed by atoms with Gasteiger partial charge in [-0.3, -0.25) is 14.0 Å². The van der Waals surface area contributed by atoms with Crippen LogP contribution in [0.25, 0.3) is 22.0 Å². The highest BCUT2D eigenvalue weighted by Gasteiger charge is 2.51. The molecule has 1 N–H and O–H groups in total. The molecule has 0 radical (unpaired) electrons. The van der Waals surface area contributed by atoms with Crippen molar-refractivity contribution in [2.75, 3.05) is 31.9 Å². The third kappa shape index (κ3) is 7.59. The van der Waals surface area contributed by atoms with Crippen LogP contribution in [0.5, 0.6) is 11.5 Å². The number of methoxy groups -OCH3 is 1. The molecule has 0 saturated carbocycles. The summed E-state index contributed by atoms with van der Waals surface area (Å²) in [6, 6.07) is 10.2. The van der Waals surface area contributed by atoms with Gasteiger partial charge in [0, 0.05) is 29.3 Å². The summed E-state index contributed by atoms with van der Waals surface area (Å²) < 4.78 is 97.4. The van der Waals surface area contributed by atoms with E-state index in [1.54, 1.807) is 24.3 Å². The van der Waals surface area contributed by atoms with Crippen LogP contribution in [-0.2, 0) is 30.9 Å². The predicted molar refractivity (Wildman–Crippen MR) is 148 cm³/mol. The second kappa shape index (κ2) is 12.2. The van der Waals surface area contributed by atoms with Crippen molar-refractivity contribution in [1.29, 1.82) is 0 Å². The maximum atomic E-state index is 15.0. The van der Waals surface area contributed by atoms with E-state index in [2.05, 4.69) is 19.6 Å². The first kappa shape index (κ1) is 31.7. The van der Waals surface area contributed by atoms with Crippen molar-refractivity contribution in [3.63, 3.8) is 0 Å². The number of halogens is 4. The zero-order chi connectivity index (χ0) is 31.6. The van der Waals surface area contributed by atoms with E-state index in [1.807, 2.05) is 0 Å². The summed E-state index contributed by atoms with van der Waals surface area (Å²) in [5.74, 6) is -1.40. The summed E-state index contributed by atoms with van der Waals surface area (Å²) in [6.45, 7) is 1.58. The lowest BCUT2D eigenvalue weighted by Gasteiger charge is -2.24. The number of rotatable bonds is 11. The van der Waals surface area contributed by atoms with Gasteiger partial charge >= 0.3 is 6.18 Å². The Morgan fingerprint density at radius 1 is 1.02 bits per heavy atom. The molecule has 4 aromatic rings. The van der Waals surface area contributed by atoms with Crippen LogP contribution in [0.15, 0.2) is 53.2 Å². The van der Waals surface area contributed by atoms with Gasteiger partial charge in [0.25, 0.3) is 10.1 Å². The Hall–Kier alpha value is -4.24. The largest absolute Gasteiger partial charge is 0.493 e. The smallest absolute Gasteiger partial charge is 0.401 e. The first-order valence-corrected chi connectivity index (χ1v) is 14.5. The molecule has 2 aromatic heterocycles. The Bertz CT molecular complexity index is 1760. The van der Waals surface area contributed by atoms with Crippen molar-refractivity contribution in [2.24, 2.45) is 0 Å². The summed E-state index contributed by atoms with van der Waals surface area (Å²) in [6.07, 6.45) is -2.54. The third-order valence-corrected chi connectivity index (χ3v) is 7.04. The first-order chi connectivity index (χ1) is 20.1. The molecule has 2 heterocycles. The van der Waals surface area contributed by atoms with E-state index >= 15 is 4.39 Å². The zero-order valence-electron chi connectivity index (χ0n) is 23.4. The summed E-state index contributed by atoms with van der Waals surface area (Å²) in [7, 11) is -2.17. The number of carbonyl (C=O) groups excluding carboxylic acids is 1. The Morgan fingerprint density at radius 2 is 1.77 bits per heavy atom. The molecular weight excluding hydrogens is 598 g/mol. The second-order valence-corrected chi connectivity index (χ2v) is 11.7. The van der Waals surface area contributed by atoms with Crippen LogP contribution in [0.4, 0.5) is 23.4 Å². The van der Waals surface area contributed by atoms with Crippen LogP contribution >= 0.6 is 0 Å². The SMILES string of the molecule is COc1cc2ncc(-c3ccc(CC(=O)Nc4cc(C(C)(C)C(F)(F)F)on4)c(F)c3)cc2cc1OCCOS(C)(=O)=O. The Balaban J connectivity index is 1.47. The van der Waals surface area contributed by atoms with Gasteiger partial charge in [-0.15, -0.1) is 0 Å². The van der Waals surface area contributed by atoms with Crippen LogP contribution in [0, 0.1) is 5.82 Å². The molecule has 0 spiro atoms. The van der Waals surface area contributed by atoms with Gasteiger partial charge < -0.3 is 19.3 Å². The van der Waals surface area contributed by atoms with E-state index in [4.69, 9.17) is 14.0 Å². The van der Waals surface area contributed by atoms with Gasteiger partial charge in [-0.05, 0) is 43.2 Å². The number of pyridine rings is 1. The highest BCUT2D eigenvalue weighted by Crippen LogP contribution is 2.41. The van der Waals surface area contributed by atoms with Crippen LogP contribution in [0.3, 0.4) is 0 Å². The van der Waals surface area contributed by atoms with E-state index < -0.39 is 45.6 Å². The van der Waals surface area contributed by atoms with E-state index in [0.717, 1.165) is 26.2 Å². The molecule has 0 atom stereocenters. The number of aromatic nitrogens is 2. The fourth-order valence-electron chi connectivity index (χ4n) is 3.90. The molecule has 10 nitrogen and oxygen atoms in total. The van der Waals surface area contributed by atoms with E-state index in [9.17, 15) is 26.4 Å². The molecule has 43 heavy (non-hydrogen) atoms. The quantitative estimate of drug-likeness (QED) is 0.132. The Kier molecular flexibility index (Phi) is 8.97. The maximum Gasteiger partial charge on any atom is 0.401 e. The monoisotopic (exact) mass is 625 g/mol. The van der Waals surface area contributed by atoms with Gasteiger partial charge in [-0.1, -0.05) is 17.3 Å². The van der Waals surface area contributed by atoms with Crippen molar-refractivity contribution in [1.82, 2.24) is 10.1 Å². The van der Waals surface area contributed by atoms with E-state index in [-0.39, 0.29) is 24.6 Å². The summed E-state index contributed by atoms with van der Waals surface area (Å²) in [5, 5.41) is 6.42. The number of nitrogens with one attached hydrogen (secondary N) is 1. The van der Waals surface area contributed by atoms with Crippen LogP contribution in [0.1, 0.15) is 25.2 Å². The molecule has 2 aromatic carbocycles. The number of hydrogen-bond acceptors (Lipinski definition) is 9. The topological polar surface area (TPSA) is 130 Å². The standard InChI is InChI=1S/C28H27F4N3O7S/c1-27(2,28(30,31)32)24-14-25(35-42-24)34-26(36)12-17-6-5-16(10-20(17)29)19-9-18-11-23(40-7-8-41-43(4,37)38)22(39-3)13-21(18)33-15-19/h5-6,9-11,13-15H,7-8,12H2,1-4H3,(H,34,35,36). The number of anilines is 1. The summed E-state index contributed by atoms with van der Waals surface area (Å²) >= 11 is 0. The Morgan fingerprint density at radius 3 is 2.42 bits per heavy atom. The minimum atomic E-state index is -4.60. The van der Waals surface area contributed by atoms with Crippen molar-refractivity contribution >= 4 is 32.7 Å². The molecular formula is C28H27F4N3O7S. The van der Waals surface area contributed by atoms with Crippen molar-refractivity contribution in [2.45, 2.75) is 31.9 Å². The molecule has 0 saturated heterocycles. The maximum absolute atomic E-state index is 15.0. The molecule has 0 aliphatic rings. The molecule has 1 amide bonds. The van der Waals surface area contributed by atoms with Crippen molar-refractivity contribution < 1.29 is 49.0 Å². The molecule has 0 unspecified atom stereocenters. The lowest BCUT2D eigenvalue weighted by Crippen LogP contribution is -2.35. The minimum Gasteiger partial charge on any atom is -0.493 e.